The van der Waals surface area contributed by atoms with Gasteiger partial charge in [-0.15, -0.1) is 0 Å². The van der Waals surface area contributed by atoms with Crippen LogP contribution in [0, 0.1) is 19.8 Å². The highest BCUT2D eigenvalue weighted by atomic mass is 79.9. The summed E-state index contributed by atoms with van der Waals surface area (Å²) < 4.78 is 6.15. The molecule has 0 aliphatic carbocycles. The number of ether oxygens (including phenoxy) is 1. The summed E-state index contributed by atoms with van der Waals surface area (Å²) in [5.74, 6) is -1.56. The molecule has 1 N–H and O–H groups in total. The molecule has 1 saturated heterocycles. The first-order valence-corrected chi connectivity index (χ1v) is 10.2. The predicted octanol–water partition coefficient (Wildman–Crippen LogP) is 3.60. The molecule has 0 radical (unpaired) electrons. The van der Waals surface area contributed by atoms with Gasteiger partial charge in [0.25, 0.3) is 5.91 Å². The summed E-state index contributed by atoms with van der Waals surface area (Å²) in [6.07, 6.45) is 0.110. The Balaban J connectivity index is 1.49. The molecule has 0 saturated carbocycles. The number of esters is 1. The van der Waals surface area contributed by atoms with Crippen LogP contribution in [0.1, 0.15) is 23.1 Å². The van der Waals surface area contributed by atoms with Crippen LogP contribution in [-0.2, 0) is 25.7 Å². The number of anilines is 1. The molecule has 6 nitrogen and oxygen atoms in total. The molecule has 1 fully saturated rings. The largest absolute Gasteiger partial charge is 0.455 e. The van der Waals surface area contributed by atoms with Gasteiger partial charge in [-0.2, -0.15) is 0 Å². The van der Waals surface area contributed by atoms with E-state index in [1.807, 2.05) is 56.3 Å². The lowest BCUT2D eigenvalue weighted by atomic mass is 10.1. The Morgan fingerprint density at radius 2 is 1.83 bits per heavy atom. The third kappa shape index (κ3) is 5.44. The first-order valence-electron chi connectivity index (χ1n) is 9.38. The zero-order valence-corrected chi connectivity index (χ0v) is 18.0. The smallest absolute Gasteiger partial charge is 0.311 e. The van der Waals surface area contributed by atoms with Crippen molar-refractivity contribution in [1.29, 1.82) is 0 Å². The van der Waals surface area contributed by atoms with E-state index in [2.05, 4.69) is 21.2 Å². The van der Waals surface area contributed by atoms with Crippen LogP contribution < -0.4 is 5.32 Å². The number of likely N-dealkylation sites (tertiary alicyclic amines) is 1. The Hall–Kier alpha value is -2.67. The summed E-state index contributed by atoms with van der Waals surface area (Å²) in [6.45, 7) is 4.26. The quantitative estimate of drug-likeness (QED) is 0.670. The number of nitrogens with zero attached hydrogens (tertiary/aromatic N) is 1. The molecule has 2 aromatic carbocycles. The molecule has 29 heavy (non-hydrogen) atoms. The summed E-state index contributed by atoms with van der Waals surface area (Å²) in [5, 5.41) is 2.73. The van der Waals surface area contributed by atoms with Crippen LogP contribution in [0.15, 0.2) is 46.9 Å². The van der Waals surface area contributed by atoms with Gasteiger partial charge in [0, 0.05) is 29.7 Å². The highest BCUT2D eigenvalue weighted by molar-refractivity contribution is 9.10. The van der Waals surface area contributed by atoms with E-state index in [1.165, 1.54) is 0 Å². The van der Waals surface area contributed by atoms with Gasteiger partial charge in [-0.25, -0.2) is 0 Å². The number of carbonyl (C=O) groups is 3. The molecule has 1 atom stereocenters. The molecule has 7 heteroatoms. The number of carbonyl (C=O) groups excluding carboxylic acids is 3. The monoisotopic (exact) mass is 458 g/mol. The fourth-order valence-electron chi connectivity index (χ4n) is 3.36. The maximum Gasteiger partial charge on any atom is 0.311 e. The predicted molar refractivity (Wildman–Crippen MR) is 113 cm³/mol. The van der Waals surface area contributed by atoms with E-state index < -0.39 is 17.8 Å². The minimum atomic E-state index is -0.545. The second-order valence-electron chi connectivity index (χ2n) is 7.24. The van der Waals surface area contributed by atoms with Crippen LogP contribution in [-0.4, -0.2) is 35.8 Å². The topological polar surface area (TPSA) is 75.7 Å². The highest BCUT2D eigenvalue weighted by Crippen LogP contribution is 2.25. The van der Waals surface area contributed by atoms with E-state index in [0.29, 0.717) is 18.8 Å². The SMILES string of the molecule is Cc1cc(NC(=O)COC(=O)[C@@H]2CC(=O)N(Cc3ccccc3)C2)cc(C)c1Br. The zero-order valence-electron chi connectivity index (χ0n) is 16.4. The van der Waals surface area contributed by atoms with Crippen molar-refractivity contribution < 1.29 is 19.1 Å². The van der Waals surface area contributed by atoms with Crippen LogP contribution in [0.2, 0.25) is 0 Å². The van der Waals surface area contributed by atoms with E-state index >= 15 is 0 Å². The third-order valence-electron chi connectivity index (χ3n) is 4.83. The molecule has 3 rings (SSSR count). The van der Waals surface area contributed by atoms with Crippen molar-refractivity contribution in [1.82, 2.24) is 4.90 Å². The molecular formula is C22H23BrN2O4. The number of rotatable bonds is 6. The lowest BCUT2D eigenvalue weighted by Gasteiger charge is -2.16. The van der Waals surface area contributed by atoms with E-state index in [4.69, 9.17) is 4.74 Å². The Kier molecular flexibility index (Phi) is 6.69. The molecule has 152 valence electrons. The second kappa shape index (κ2) is 9.22. The third-order valence-corrected chi connectivity index (χ3v) is 6.08. The average Bonchev–Trinajstić information content (AvgIpc) is 3.05. The number of nitrogens with one attached hydrogen (secondary N) is 1. The molecule has 0 unspecified atom stereocenters. The summed E-state index contributed by atoms with van der Waals surface area (Å²) in [5.41, 5.74) is 3.66. The minimum absolute atomic E-state index is 0.0823. The van der Waals surface area contributed by atoms with Crippen molar-refractivity contribution in [2.24, 2.45) is 5.92 Å². The van der Waals surface area contributed by atoms with Gasteiger partial charge in [-0.05, 0) is 42.7 Å². The molecule has 1 aliphatic heterocycles. The van der Waals surface area contributed by atoms with Crippen LogP contribution in [0.4, 0.5) is 5.69 Å². The van der Waals surface area contributed by atoms with E-state index in [9.17, 15) is 14.4 Å². The molecule has 0 spiro atoms. The number of hydrogen-bond acceptors (Lipinski definition) is 4. The van der Waals surface area contributed by atoms with Gasteiger partial charge in [0.15, 0.2) is 6.61 Å². The first-order chi connectivity index (χ1) is 13.8. The van der Waals surface area contributed by atoms with E-state index in [-0.39, 0.29) is 18.9 Å². The van der Waals surface area contributed by atoms with Crippen molar-refractivity contribution in [3.63, 3.8) is 0 Å². The van der Waals surface area contributed by atoms with Gasteiger partial charge in [0.2, 0.25) is 5.91 Å². The maximum absolute atomic E-state index is 12.3. The Labute approximate surface area is 178 Å². The normalized spacial score (nSPS) is 16.0. The number of hydrogen-bond donors (Lipinski definition) is 1. The molecule has 0 aromatic heterocycles. The van der Waals surface area contributed by atoms with Gasteiger partial charge in [0.1, 0.15) is 0 Å². The van der Waals surface area contributed by atoms with Crippen LogP contribution >= 0.6 is 15.9 Å². The Morgan fingerprint density at radius 1 is 1.17 bits per heavy atom. The number of halogens is 1. The van der Waals surface area contributed by atoms with Crippen molar-refractivity contribution in [2.45, 2.75) is 26.8 Å². The Morgan fingerprint density at radius 3 is 2.48 bits per heavy atom. The molecule has 2 amide bonds. The Bertz CT molecular complexity index is 907. The molecular weight excluding hydrogens is 436 g/mol. The summed E-state index contributed by atoms with van der Waals surface area (Å²) >= 11 is 3.48. The van der Waals surface area contributed by atoms with Crippen molar-refractivity contribution in [3.8, 4) is 0 Å². The standard InChI is InChI=1S/C22H23BrN2O4/c1-14-8-18(9-15(2)21(14)23)24-19(26)13-29-22(28)17-10-20(27)25(12-17)11-16-6-4-3-5-7-16/h3-9,17H,10-13H2,1-2H3,(H,24,26)/t17-/m1/s1. The number of amides is 2. The molecule has 2 aromatic rings. The van der Waals surface area contributed by atoms with Crippen LogP contribution in [0.5, 0.6) is 0 Å². The van der Waals surface area contributed by atoms with Crippen molar-refractivity contribution in [3.05, 3.63) is 63.6 Å². The first kappa shape index (κ1) is 21.0. The number of benzene rings is 2. The van der Waals surface area contributed by atoms with E-state index in [1.54, 1.807) is 4.90 Å². The molecule has 1 heterocycles. The number of aryl methyl sites for hydroxylation is 2. The van der Waals surface area contributed by atoms with Crippen molar-refractivity contribution >= 4 is 39.4 Å². The fourth-order valence-corrected chi connectivity index (χ4v) is 3.59. The summed E-state index contributed by atoms with van der Waals surface area (Å²) in [4.78, 5) is 38.3. The van der Waals surface area contributed by atoms with E-state index in [0.717, 1.165) is 21.2 Å². The van der Waals surface area contributed by atoms with Crippen LogP contribution in [0.25, 0.3) is 0 Å². The lowest BCUT2D eigenvalue weighted by molar-refractivity contribution is -0.151. The molecule has 1 aliphatic rings. The van der Waals surface area contributed by atoms with Crippen molar-refractivity contribution in [2.75, 3.05) is 18.5 Å². The van der Waals surface area contributed by atoms with Gasteiger partial charge in [-0.3, -0.25) is 14.4 Å². The minimum Gasteiger partial charge on any atom is -0.455 e. The van der Waals surface area contributed by atoms with Gasteiger partial charge < -0.3 is 15.0 Å². The van der Waals surface area contributed by atoms with Gasteiger partial charge in [-0.1, -0.05) is 46.3 Å². The fraction of sp³-hybridized carbons (Fsp3) is 0.318. The maximum atomic E-state index is 12.3. The lowest BCUT2D eigenvalue weighted by Crippen LogP contribution is -2.28. The summed E-state index contributed by atoms with van der Waals surface area (Å²) in [6, 6.07) is 13.3. The zero-order chi connectivity index (χ0) is 21.0. The van der Waals surface area contributed by atoms with Crippen LogP contribution in [0.3, 0.4) is 0 Å². The summed E-state index contributed by atoms with van der Waals surface area (Å²) in [7, 11) is 0. The van der Waals surface area contributed by atoms with Gasteiger partial charge >= 0.3 is 5.97 Å². The second-order valence-corrected chi connectivity index (χ2v) is 8.03. The highest BCUT2D eigenvalue weighted by Gasteiger charge is 2.35. The average molecular weight is 459 g/mol. The van der Waals surface area contributed by atoms with Gasteiger partial charge in [0.05, 0.1) is 5.92 Å². The molecule has 0 bridgehead atoms.